The zero-order chi connectivity index (χ0) is 10.6. The van der Waals surface area contributed by atoms with Crippen LogP contribution >= 0.6 is 0 Å². The summed E-state index contributed by atoms with van der Waals surface area (Å²) >= 11 is 0. The fourth-order valence-corrected chi connectivity index (χ4v) is 0.976. The minimum atomic E-state index is -0.399. The molecule has 0 unspecified atom stereocenters. The third kappa shape index (κ3) is 2.58. The molecule has 1 aromatic heterocycles. The Kier molecular flexibility index (Phi) is 3.67. The first kappa shape index (κ1) is 10.7. The van der Waals surface area contributed by atoms with Gasteiger partial charge in [0, 0.05) is 18.0 Å². The van der Waals surface area contributed by atoms with Gasteiger partial charge in [-0.1, -0.05) is 0 Å². The molecule has 0 bridgehead atoms. The quantitative estimate of drug-likeness (QED) is 0.533. The maximum absolute atomic E-state index is 8.83. The van der Waals surface area contributed by atoms with Crippen LogP contribution in [0.15, 0.2) is 12.3 Å². The highest BCUT2D eigenvalue weighted by Crippen LogP contribution is 2.13. The fraction of sp³-hybridized carbons (Fsp3) is 0.444. The molecule has 0 radical (unpaired) electrons. The molecule has 0 aliphatic rings. The van der Waals surface area contributed by atoms with Gasteiger partial charge in [0.1, 0.15) is 5.82 Å². The second-order valence-electron chi connectivity index (χ2n) is 3.13. The molecule has 5 heteroatoms. The number of nitrogens with zero attached hydrogens (tertiary/aromatic N) is 1. The molecule has 0 atom stereocenters. The third-order valence-corrected chi connectivity index (χ3v) is 1.94. The van der Waals surface area contributed by atoms with E-state index in [0.717, 1.165) is 5.56 Å². The molecule has 14 heavy (non-hydrogen) atoms. The number of hydrogen-bond donors (Lipinski definition) is 4. The van der Waals surface area contributed by atoms with Crippen LogP contribution in [0.3, 0.4) is 0 Å². The smallest absolute Gasteiger partial charge is 0.128 e. The van der Waals surface area contributed by atoms with Crippen molar-refractivity contribution < 1.29 is 10.2 Å². The number of aliphatic hydroxyl groups excluding tert-OH is 2. The molecule has 5 nitrogen and oxygen atoms in total. The minimum Gasteiger partial charge on any atom is -0.398 e. The summed E-state index contributed by atoms with van der Waals surface area (Å²) in [5, 5.41) is 20.5. The average molecular weight is 197 g/mol. The SMILES string of the molecule is Cc1cnc(NC(CO)CO)cc1N. The van der Waals surface area contributed by atoms with Crippen molar-refractivity contribution in [3.05, 3.63) is 17.8 Å². The molecule has 0 spiro atoms. The predicted molar refractivity (Wildman–Crippen MR) is 55.0 cm³/mol. The number of aromatic nitrogens is 1. The van der Waals surface area contributed by atoms with Crippen molar-refractivity contribution in [1.82, 2.24) is 4.98 Å². The number of aliphatic hydroxyl groups is 2. The van der Waals surface area contributed by atoms with Gasteiger partial charge in [-0.15, -0.1) is 0 Å². The topological polar surface area (TPSA) is 91.4 Å². The van der Waals surface area contributed by atoms with Crippen LogP contribution in [0.2, 0.25) is 0 Å². The van der Waals surface area contributed by atoms with E-state index >= 15 is 0 Å². The Bertz CT molecular complexity index is 300. The van der Waals surface area contributed by atoms with Crippen LogP contribution in [0.4, 0.5) is 11.5 Å². The van der Waals surface area contributed by atoms with E-state index in [1.165, 1.54) is 0 Å². The van der Waals surface area contributed by atoms with Crippen LogP contribution in [-0.2, 0) is 0 Å². The van der Waals surface area contributed by atoms with Crippen molar-refractivity contribution in [2.75, 3.05) is 24.3 Å². The van der Waals surface area contributed by atoms with E-state index in [-0.39, 0.29) is 13.2 Å². The van der Waals surface area contributed by atoms with E-state index in [9.17, 15) is 0 Å². The van der Waals surface area contributed by atoms with Crippen LogP contribution < -0.4 is 11.1 Å². The molecule has 1 rings (SSSR count). The summed E-state index contributed by atoms with van der Waals surface area (Å²) in [5.74, 6) is 0.557. The first-order valence-corrected chi connectivity index (χ1v) is 4.37. The third-order valence-electron chi connectivity index (χ3n) is 1.94. The molecule has 0 aliphatic carbocycles. The fourth-order valence-electron chi connectivity index (χ4n) is 0.976. The van der Waals surface area contributed by atoms with Crippen LogP contribution in [-0.4, -0.2) is 34.5 Å². The first-order chi connectivity index (χ1) is 6.67. The zero-order valence-electron chi connectivity index (χ0n) is 8.07. The number of hydrogen-bond acceptors (Lipinski definition) is 5. The highest BCUT2D eigenvalue weighted by Gasteiger charge is 2.06. The number of rotatable bonds is 4. The lowest BCUT2D eigenvalue weighted by molar-refractivity contribution is 0.203. The van der Waals surface area contributed by atoms with Gasteiger partial charge >= 0.3 is 0 Å². The molecule has 0 saturated heterocycles. The van der Waals surface area contributed by atoms with E-state index in [4.69, 9.17) is 15.9 Å². The van der Waals surface area contributed by atoms with E-state index in [2.05, 4.69) is 10.3 Å². The second kappa shape index (κ2) is 4.78. The van der Waals surface area contributed by atoms with Crippen molar-refractivity contribution in [2.24, 2.45) is 0 Å². The minimum absolute atomic E-state index is 0.147. The molecular weight excluding hydrogens is 182 g/mol. The highest BCUT2D eigenvalue weighted by molar-refractivity contribution is 5.53. The molecule has 0 aromatic carbocycles. The summed E-state index contributed by atoms with van der Waals surface area (Å²) in [4.78, 5) is 4.06. The molecule has 0 saturated carbocycles. The van der Waals surface area contributed by atoms with Gasteiger partial charge < -0.3 is 21.3 Å². The van der Waals surface area contributed by atoms with Crippen LogP contribution in [0.5, 0.6) is 0 Å². The largest absolute Gasteiger partial charge is 0.398 e. The average Bonchev–Trinajstić information content (AvgIpc) is 2.19. The molecule has 0 aliphatic heterocycles. The standard InChI is InChI=1S/C9H15N3O2/c1-6-3-11-9(2-8(6)10)12-7(4-13)5-14/h2-3,7,13-14H,4-5H2,1H3,(H3,10,11,12). The van der Waals surface area contributed by atoms with E-state index in [0.29, 0.717) is 11.5 Å². The Labute approximate surface area is 82.6 Å². The summed E-state index contributed by atoms with van der Waals surface area (Å²) < 4.78 is 0. The van der Waals surface area contributed by atoms with Crippen molar-refractivity contribution in [3.8, 4) is 0 Å². The lowest BCUT2D eigenvalue weighted by atomic mass is 10.2. The van der Waals surface area contributed by atoms with Gasteiger partial charge in [0.15, 0.2) is 0 Å². The van der Waals surface area contributed by atoms with Gasteiger partial charge in [0.25, 0.3) is 0 Å². The maximum atomic E-state index is 8.83. The van der Waals surface area contributed by atoms with Gasteiger partial charge in [-0.3, -0.25) is 0 Å². The molecule has 0 fully saturated rings. The summed E-state index contributed by atoms with van der Waals surface area (Å²) in [7, 11) is 0. The monoisotopic (exact) mass is 197 g/mol. The van der Waals surface area contributed by atoms with Gasteiger partial charge in [-0.05, 0) is 12.5 Å². The van der Waals surface area contributed by atoms with Crippen molar-refractivity contribution in [1.29, 1.82) is 0 Å². The van der Waals surface area contributed by atoms with Crippen LogP contribution in [0.25, 0.3) is 0 Å². The Morgan fingerprint density at radius 1 is 1.50 bits per heavy atom. The Morgan fingerprint density at radius 2 is 2.14 bits per heavy atom. The van der Waals surface area contributed by atoms with Crippen LogP contribution in [0.1, 0.15) is 5.56 Å². The molecular formula is C9H15N3O2. The van der Waals surface area contributed by atoms with E-state index in [1.54, 1.807) is 12.3 Å². The van der Waals surface area contributed by atoms with Crippen molar-refractivity contribution >= 4 is 11.5 Å². The number of nitrogen functional groups attached to an aromatic ring is 1. The van der Waals surface area contributed by atoms with Crippen LogP contribution in [0, 0.1) is 6.92 Å². The van der Waals surface area contributed by atoms with Gasteiger partial charge in [-0.25, -0.2) is 4.98 Å². The Morgan fingerprint density at radius 3 is 2.64 bits per heavy atom. The molecule has 1 aromatic rings. The lowest BCUT2D eigenvalue weighted by Crippen LogP contribution is -2.28. The number of anilines is 2. The van der Waals surface area contributed by atoms with E-state index in [1.807, 2.05) is 6.92 Å². The summed E-state index contributed by atoms with van der Waals surface area (Å²) in [5.41, 5.74) is 7.21. The summed E-state index contributed by atoms with van der Waals surface area (Å²) in [6.45, 7) is 1.57. The Hall–Kier alpha value is -1.33. The zero-order valence-corrected chi connectivity index (χ0v) is 8.07. The van der Waals surface area contributed by atoms with Crippen molar-refractivity contribution in [3.63, 3.8) is 0 Å². The predicted octanol–water partition coefficient (Wildman–Crippen LogP) is -0.263. The van der Waals surface area contributed by atoms with Gasteiger partial charge in [0.05, 0.1) is 19.3 Å². The number of nitrogens with one attached hydrogen (secondary N) is 1. The molecule has 0 amide bonds. The molecule has 78 valence electrons. The normalized spacial score (nSPS) is 10.6. The highest BCUT2D eigenvalue weighted by atomic mass is 16.3. The van der Waals surface area contributed by atoms with E-state index < -0.39 is 6.04 Å². The van der Waals surface area contributed by atoms with Gasteiger partial charge in [0.2, 0.25) is 0 Å². The second-order valence-corrected chi connectivity index (χ2v) is 3.13. The number of pyridine rings is 1. The molecule has 5 N–H and O–H groups in total. The summed E-state index contributed by atoms with van der Waals surface area (Å²) in [6.07, 6.45) is 1.64. The summed E-state index contributed by atoms with van der Waals surface area (Å²) in [6, 6.07) is 1.28. The first-order valence-electron chi connectivity index (χ1n) is 4.37. The number of nitrogens with two attached hydrogens (primary N) is 1. The lowest BCUT2D eigenvalue weighted by Gasteiger charge is -2.14. The molecule has 1 heterocycles. The van der Waals surface area contributed by atoms with Gasteiger partial charge in [-0.2, -0.15) is 0 Å². The maximum Gasteiger partial charge on any atom is 0.128 e. The Balaban J connectivity index is 2.72. The van der Waals surface area contributed by atoms with Crippen molar-refractivity contribution in [2.45, 2.75) is 13.0 Å². The number of aryl methyl sites for hydroxylation is 1.